The van der Waals surface area contributed by atoms with Gasteiger partial charge >= 0.3 is 0 Å². The first-order chi connectivity index (χ1) is 7.36. The molecule has 0 saturated carbocycles. The van der Waals surface area contributed by atoms with E-state index >= 15 is 0 Å². The summed E-state index contributed by atoms with van der Waals surface area (Å²) in [6.45, 7) is 8.13. The third-order valence-electron chi connectivity index (χ3n) is 2.90. The summed E-state index contributed by atoms with van der Waals surface area (Å²) in [4.78, 5) is 5.08. The second-order valence-corrected chi connectivity index (χ2v) is 5.01. The van der Waals surface area contributed by atoms with Gasteiger partial charge in [-0.25, -0.2) is 0 Å². The zero-order valence-corrected chi connectivity index (χ0v) is 10.9. The Hall–Kier alpha value is 0.230. The van der Waals surface area contributed by atoms with Gasteiger partial charge < -0.3 is 9.64 Å². The van der Waals surface area contributed by atoms with Crippen molar-refractivity contribution in [3.63, 3.8) is 0 Å². The lowest BCUT2D eigenvalue weighted by Crippen LogP contribution is -2.47. The Morgan fingerprint density at radius 2 is 1.67 bits per heavy atom. The van der Waals surface area contributed by atoms with Gasteiger partial charge in [-0.1, -0.05) is 0 Å². The van der Waals surface area contributed by atoms with Gasteiger partial charge in [0.15, 0.2) is 0 Å². The summed E-state index contributed by atoms with van der Waals surface area (Å²) in [5, 5.41) is 0. The lowest BCUT2D eigenvalue weighted by atomic mass is 10.3. The molecule has 0 aliphatic carbocycles. The third-order valence-corrected chi connectivity index (χ3v) is 3.60. The minimum atomic E-state index is 0.868. The van der Waals surface area contributed by atoms with Crippen LogP contribution < -0.4 is 0 Å². The van der Waals surface area contributed by atoms with Crippen LogP contribution in [0.3, 0.4) is 0 Å². The average Bonchev–Trinajstić information content (AvgIpc) is 2.28. The Morgan fingerprint density at radius 1 is 1.07 bits per heavy atom. The monoisotopic (exact) mass is 232 g/mol. The predicted molar refractivity (Wildman–Crippen MR) is 67.8 cm³/mol. The molecule has 1 aliphatic rings. The molecule has 0 amide bonds. The van der Waals surface area contributed by atoms with Crippen LogP contribution in [0.15, 0.2) is 0 Å². The lowest BCUT2D eigenvalue weighted by molar-refractivity contribution is 0.0972. The van der Waals surface area contributed by atoms with Crippen molar-refractivity contribution in [1.29, 1.82) is 0 Å². The number of methoxy groups -OCH3 is 1. The molecule has 0 bridgehead atoms. The number of nitrogens with zero attached hydrogens (tertiary/aromatic N) is 2. The molecule has 1 saturated heterocycles. The van der Waals surface area contributed by atoms with Crippen molar-refractivity contribution in [2.45, 2.75) is 6.42 Å². The van der Waals surface area contributed by atoms with E-state index in [9.17, 15) is 0 Å². The smallest absolute Gasteiger partial charge is 0.0589 e. The Balaban J connectivity index is 2.02. The molecule has 1 rings (SSSR count). The van der Waals surface area contributed by atoms with Crippen LogP contribution in [0, 0.1) is 0 Å². The molecule has 0 aromatic carbocycles. The largest absolute Gasteiger partial charge is 0.383 e. The van der Waals surface area contributed by atoms with E-state index in [1.165, 1.54) is 44.9 Å². The maximum Gasteiger partial charge on any atom is 0.0589 e. The molecule has 0 radical (unpaired) electrons. The SMILES string of the molecule is COCCN1CCN(CCCSC)CC1. The maximum absolute atomic E-state index is 5.09. The highest BCUT2D eigenvalue weighted by atomic mass is 32.2. The number of rotatable bonds is 7. The zero-order chi connectivity index (χ0) is 10.9. The highest BCUT2D eigenvalue weighted by Crippen LogP contribution is 2.04. The van der Waals surface area contributed by atoms with Crippen molar-refractivity contribution in [2.75, 3.05) is 65.0 Å². The van der Waals surface area contributed by atoms with Crippen molar-refractivity contribution >= 4 is 11.8 Å². The molecule has 15 heavy (non-hydrogen) atoms. The third kappa shape index (κ3) is 5.76. The minimum absolute atomic E-state index is 0.868. The van der Waals surface area contributed by atoms with Crippen LogP contribution >= 0.6 is 11.8 Å². The van der Waals surface area contributed by atoms with Gasteiger partial charge in [-0.05, 0) is 25.0 Å². The van der Waals surface area contributed by atoms with Crippen LogP contribution in [0.5, 0.6) is 0 Å². The van der Waals surface area contributed by atoms with Crippen LogP contribution in [0.1, 0.15) is 6.42 Å². The Kier molecular flexibility index (Phi) is 7.44. The van der Waals surface area contributed by atoms with Crippen molar-refractivity contribution in [2.24, 2.45) is 0 Å². The first kappa shape index (κ1) is 13.3. The van der Waals surface area contributed by atoms with Crippen LogP contribution in [0.4, 0.5) is 0 Å². The highest BCUT2D eigenvalue weighted by molar-refractivity contribution is 7.98. The van der Waals surface area contributed by atoms with Gasteiger partial charge in [-0.3, -0.25) is 4.90 Å². The summed E-state index contributed by atoms with van der Waals surface area (Å²) < 4.78 is 5.09. The van der Waals surface area contributed by atoms with Crippen LogP contribution in [-0.4, -0.2) is 74.8 Å². The molecule has 1 fully saturated rings. The first-order valence-corrected chi connectivity index (χ1v) is 7.19. The summed E-state index contributed by atoms with van der Waals surface area (Å²) in [6.07, 6.45) is 3.52. The minimum Gasteiger partial charge on any atom is -0.383 e. The van der Waals surface area contributed by atoms with Gasteiger partial charge in [0.1, 0.15) is 0 Å². The van der Waals surface area contributed by atoms with Crippen molar-refractivity contribution in [1.82, 2.24) is 9.80 Å². The average molecular weight is 232 g/mol. The number of hydrogen-bond acceptors (Lipinski definition) is 4. The van der Waals surface area contributed by atoms with Crippen LogP contribution in [0.25, 0.3) is 0 Å². The van der Waals surface area contributed by atoms with E-state index in [1.54, 1.807) is 7.11 Å². The van der Waals surface area contributed by atoms with E-state index in [-0.39, 0.29) is 0 Å². The Morgan fingerprint density at radius 3 is 2.20 bits per heavy atom. The summed E-state index contributed by atoms with van der Waals surface area (Å²) in [5.74, 6) is 1.30. The molecule has 0 aromatic rings. The van der Waals surface area contributed by atoms with E-state index in [2.05, 4.69) is 16.1 Å². The fourth-order valence-electron chi connectivity index (χ4n) is 1.89. The number of thioether (sulfide) groups is 1. The molecular weight excluding hydrogens is 208 g/mol. The van der Waals surface area contributed by atoms with Crippen LogP contribution in [-0.2, 0) is 4.74 Å². The molecule has 4 heteroatoms. The molecule has 0 spiro atoms. The first-order valence-electron chi connectivity index (χ1n) is 5.79. The number of piperazine rings is 1. The number of ether oxygens (including phenoxy) is 1. The fourth-order valence-corrected chi connectivity index (χ4v) is 2.31. The van der Waals surface area contributed by atoms with Crippen molar-refractivity contribution in [3.05, 3.63) is 0 Å². The second kappa shape index (κ2) is 8.39. The van der Waals surface area contributed by atoms with E-state index in [1.807, 2.05) is 11.8 Å². The summed E-state index contributed by atoms with van der Waals surface area (Å²) in [5.41, 5.74) is 0. The topological polar surface area (TPSA) is 15.7 Å². The Bertz CT molecular complexity index is 150. The molecule has 0 atom stereocenters. The van der Waals surface area contributed by atoms with Gasteiger partial charge in [-0.2, -0.15) is 11.8 Å². The second-order valence-electron chi connectivity index (χ2n) is 4.02. The summed E-state index contributed by atoms with van der Waals surface area (Å²) in [7, 11) is 1.78. The molecule has 0 aromatic heterocycles. The van der Waals surface area contributed by atoms with Crippen LogP contribution in [0.2, 0.25) is 0 Å². The van der Waals surface area contributed by atoms with Crippen molar-refractivity contribution < 1.29 is 4.74 Å². The van der Waals surface area contributed by atoms with E-state index < -0.39 is 0 Å². The van der Waals surface area contributed by atoms with Gasteiger partial charge in [0.2, 0.25) is 0 Å². The van der Waals surface area contributed by atoms with E-state index in [4.69, 9.17) is 4.74 Å². The quantitative estimate of drug-likeness (QED) is 0.608. The number of hydrogen-bond donors (Lipinski definition) is 0. The molecule has 0 unspecified atom stereocenters. The van der Waals surface area contributed by atoms with E-state index in [0.717, 1.165) is 13.2 Å². The molecule has 1 heterocycles. The van der Waals surface area contributed by atoms with Crippen molar-refractivity contribution in [3.8, 4) is 0 Å². The normalized spacial score (nSPS) is 19.6. The summed E-state index contributed by atoms with van der Waals surface area (Å²) in [6, 6.07) is 0. The molecule has 90 valence electrons. The summed E-state index contributed by atoms with van der Waals surface area (Å²) >= 11 is 1.95. The standard InChI is InChI=1S/C11H24N2OS/c1-14-10-9-13-7-5-12(6-8-13)4-3-11-15-2/h3-11H2,1-2H3. The van der Waals surface area contributed by atoms with Gasteiger partial charge in [-0.15, -0.1) is 0 Å². The highest BCUT2D eigenvalue weighted by Gasteiger charge is 2.15. The van der Waals surface area contributed by atoms with Gasteiger partial charge in [0.25, 0.3) is 0 Å². The Labute approximate surface area is 98.1 Å². The predicted octanol–water partition coefficient (Wildman–Crippen LogP) is 1.00. The fraction of sp³-hybridized carbons (Fsp3) is 1.00. The molecular formula is C11H24N2OS. The molecule has 3 nitrogen and oxygen atoms in total. The van der Waals surface area contributed by atoms with Gasteiger partial charge in [0, 0.05) is 39.8 Å². The van der Waals surface area contributed by atoms with Gasteiger partial charge in [0.05, 0.1) is 6.61 Å². The maximum atomic E-state index is 5.09. The molecule has 0 N–H and O–H groups in total. The molecule has 1 aliphatic heterocycles. The lowest BCUT2D eigenvalue weighted by Gasteiger charge is -2.34. The van der Waals surface area contributed by atoms with E-state index in [0.29, 0.717) is 0 Å². The zero-order valence-electron chi connectivity index (χ0n) is 10.1.